The van der Waals surface area contributed by atoms with Crippen LogP contribution in [0.3, 0.4) is 0 Å². The van der Waals surface area contributed by atoms with Crippen LogP contribution >= 0.6 is 24.8 Å². The molecule has 0 amide bonds. The normalized spacial score (nSPS) is 8.09. The number of hydrogen-bond donors (Lipinski definition) is 2. The zero-order valence-corrected chi connectivity index (χ0v) is 7.44. The minimum atomic E-state index is 0. The van der Waals surface area contributed by atoms with E-state index in [4.69, 9.17) is 10.9 Å². The van der Waals surface area contributed by atoms with Gasteiger partial charge in [-0.05, 0) is 6.54 Å². The number of rotatable bonds is 2. The molecule has 0 unspecified atom stereocenters. The summed E-state index contributed by atoms with van der Waals surface area (Å²) in [5.41, 5.74) is 6.06. The molecular weight excluding hydrogens is 189 g/mol. The Morgan fingerprint density at radius 1 is 1.55 bits per heavy atom. The molecule has 1 rings (SSSR count). The molecule has 0 aliphatic rings. The van der Waals surface area contributed by atoms with E-state index in [-0.39, 0.29) is 24.8 Å². The average molecular weight is 200 g/mol. The Morgan fingerprint density at radius 3 is 2.55 bits per heavy atom. The molecule has 1 aromatic rings. The van der Waals surface area contributed by atoms with Crippen molar-refractivity contribution in [1.82, 2.24) is 9.71 Å². The van der Waals surface area contributed by atoms with Crippen molar-refractivity contribution in [3.05, 3.63) is 18.2 Å². The molecule has 0 aliphatic carbocycles. The summed E-state index contributed by atoms with van der Waals surface area (Å²) in [4.78, 5) is 3.84. The van der Waals surface area contributed by atoms with Crippen molar-refractivity contribution in [1.29, 1.82) is 0 Å². The fourth-order valence-corrected chi connectivity index (χ4v) is 0.630. The van der Waals surface area contributed by atoms with Crippen molar-refractivity contribution in [3.63, 3.8) is 0 Å². The molecule has 0 aromatic carbocycles. The maximum absolute atomic E-state index is 8.69. The Morgan fingerprint density at radius 2 is 2.18 bits per heavy atom. The number of imidazole rings is 1. The first kappa shape index (κ1) is 13.2. The van der Waals surface area contributed by atoms with Crippen LogP contribution in [0.2, 0.25) is 0 Å². The van der Waals surface area contributed by atoms with Gasteiger partial charge in [-0.3, -0.25) is 0 Å². The van der Waals surface area contributed by atoms with Gasteiger partial charge in [0.15, 0.2) is 0 Å². The maximum Gasteiger partial charge on any atom is 0.131 e. The third kappa shape index (κ3) is 4.08. The Hall–Kier alpha value is -0.450. The Labute approximate surface area is 77.2 Å². The van der Waals surface area contributed by atoms with Gasteiger partial charge in [0.2, 0.25) is 0 Å². The zero-order valence-electron chi connectivity index (χ0n) is 5.80. The summed E-state index contributed by atoms with van der Waals surface area (Å²) in [7, 11) is 0. The second-order valence-corrected chi connectivity index (χ2v) is 1.78. The van der Waals surface area contributed by atoms with Crippen molar-refractivity contribution in [3.8, 4) is 0 Å². The molecule has 6 heteroatoms. The van der Waals surface area contributed by atoms with Crippen molar-refractivity contribution < 1.29 is 5.21 Å². The van der Waals surface area contributed by atoms with Gasteiger partial charge < -0.3 is 10.9 Å². The van der Waals surface area contributed by atoms with Gasteiger partial charge in [-0.2, -0.15) is 4.73 Å². The standard InChI is InChI=1S/C5H9N3O.2ClH/c6-2-1-5-3-8(9)4-7-5;;/h3-4,9H,1-2,6H2;2*1H. The van der Waals surface area contributed by atoms with E-state index >= 15 is 0 Å². The van der Waals surface area contributed by atoms with E-state index in [0.29, 0.717) is 13.0 Å². The molecule has 1 heterocycles. The third-order valence-electron chi connectivity index (χ3n) is 1.02. The monoisotopic (exact) mass is 199 g/mol. The first-order valence-electron chi connectivity index (χ1n) is 2.75. The molecule has 0 saturated heterocycles. The summed E-state index contributed by atoms with van der Waals surface area (Å²) in [6, 6.07) is 0. The molecule has 0 fully saturated rings. The number of halogens is 2. The first-order valence-corrected chi connectivity index (χ1v) is 2.75. The van der Waals surface area contributed by atoms with Crippen LogP contribution in [0, 0.1) is 0 Å². The molecule has 3 N–H and O–H groups in total. The molecule has 66 valence electrons. The Kier molecular flexibility index (Phi) is 7.51. The number of nitrogens with two attached hydrogens (primary N) is 1. The minimum Gasteiger partial charge on any atom is -0.427 e. The van der Waals surface area contributed by atoms with Crippen molar-refractivity contribution in [2.45, 2.75) is 6.42 Å². The smallest absolute Gasteiger partial charge is 0.131 e. The van der Waals surface area contributed by atoms with Crippen LogP contribution in [0.4, 0.5) is 0 Å². The Bertz CT molecular complexity index is 192. The van der Waals surface area contributed by atoms with Crippen LogP contribution in [-0.2, 0) is 6.42 Å². The summed E-state index contributed by atoms with van der Waals surface area (Å²) in [6.45, 7) is 0.566. The predicted octanol–water partition coefficient (Wildman–Crippen LogP) is 0.465. The van der Waals surface area contributed by atoms with E-state index in [9.17, 15) is 0 Å². The fraction of sp³-hybridized carbons (Fsp3) is 0.400. The van der Waals surface area contributed by atoms with E-state index in [0.717, 1.165) is 10.4 Å². The molecule has 0 saturated carbocycles. The van der Waals surface area contributed by atoms with Crippen molar-refractivity contribution in [2.24, 2.45) is 5.73 Å². The summed E-state index contributed by atoms with van der Waals surface area (Å²) >= 11 is 0. The van der Waals surface area contributed by atoms with E-state index in [1.165, 1.54) is 12.5 Å². The zero-order chi connectivity index (χ0) is 6.69. The van der Waals surface area contributed by atoms with Gasteiger partial charge in [0.25, 0.3) is 0 Å². The van der Waals surface area contributed by atoms with Gasteiger partial charge in [-0.25, -0.2) is 4.98 Å². The van der Waals surface area contributed by atoms with E-state index in [1.54, 1.807) is 0 Å². The molecular formula is C5H11Cl2N3O. The number of hydrogen-bond acceptors (Lipinski definition) is 3. The second kappa shape index (κ2) is 6.27. The molecule has 1 aromatic heterocycles. The van der Waals surface area contributed by atoms with Gasteiger partial charge >= 0.3 is 0 Å². The van der Waals surface area contributed by atoms with E-state index in [1.807, 2.05) is 0 Å². The van der Waals surface area contributed by atoms with Crippen LogP contribution in [0.15, 0.2) is 12.5 Å². The van der Waals surface area contributed by atoms with Crippen molar-refractivity contribution >= 4 is 24.8 Å². The molecule has 0 atom stereocenters. The van der Waals surface area contributed by atoms with Crippen LogP contribution < -0.4 is 5.73 Å². The number of aromatic nitrogens is 2. The Balaban J connectivity index is 0. The lowest BCUT2D eigenvalue weighted by atomic mass is 10.3. The van der Waals surface area contributed by atoms with Gasteiger partial charge in [0, 0.05) is 6.42 Å². The SMILES string of the molecule is Cl.Cl.NCCc1cn(O)cn1. The van der Waals surface area contributed by atoms with Gasteiger partial charge in [-0.1, -0.05) is 0 Å². The average Bonchev–Trinajstić information content (AvgIpc) is 2.17. The van der Waals surface area contributed by atoms with Gasteiger partial charge in [0.1, 0.15) is 6.33 Å². The molecule has 0 aliphatic heterocycles. The lowest BCUT2D eigenvalue weighted by Gasteiger charge is -1.86. The van der Waals surface area contributed by atoms with Crippen LogP contribution in [0.25, 0.3) is 0 Å². The molecule has 11 heavy (non-hydrogen) atoms. The van der Waals surface area contributed by atoms with Crippen LogP contribution in [0.5, 0.6) is 0 Å². The van der Waals surface area contributed by atoms with Gasteiger partial charge in [0.05, 0.1) is 11.9 Å². The first-order chi connectivity index (χ1) is 4.33. The highest BCUT2D eigenvalue weighted by Crippen LogP contribution is 1.91. The summed E-state index contributed by atoms with van der Waals surface area (Å²) < 4.78 is 0.922. The maximum atomic E-state index is 8.69. The third-order valence-corrected chi connectivity index (χ3v) is 1.02. The fourth-order valence-electron chi connectivity index (χ4n) is 0.630. The summed E-state index contributed by atoms with van der Waals surface area (Å²) in [5, 5.41) is 8.69. The summed E-state index contributed by atoms with van der Waals surface area (Å²) in [6.07, 6.45) is 3.59. The highest BCUT2D eigenvalue weighted by atomic mass is 35.5. The van der Waals surface area contributed by atoms with E-state index < -0.39 is 0 Å². The highest BCUT2D eigenvalue weighted by molar-refractivity contribution is 5.85. The highest BCUT2D eigenvalue weighted by Gasteiger charge is 1.93. The minimum absolute atomic E-state index is 0. The number of nitrogens with zero attached hydrogens (tertiary/aromatic N) is 2. The lowest BCUT2D eigenvalue weighted by Crippen LogP contribution is -2.02. The van der Waals surface area contributed by atoms with Crippen LogP contribution in [-0.4, -0.2) is 21.5 Å². The quantitative estimate of drug-likeness (QED) is 0.682. The predicted molar refractivity (Wildman–Crippen MR) is 46.7 cm³/mol. The topological polar surface area (TPSA) is 64.1 Å². The van der Waals surface area contributed by atoms with Crippen LogP contribution in [0.1, 0.15) is 5.69 Å². The molecule has 0 bridgehead atoms. The van der Waals surface area contributed by atoms with E-state index in [2.05, 4.69) is 4.98 Å². The van der Waals surface area contributed by atoms with Crippen molar-refractivity contribution in [2.75, 3.05) is 6.54 Å². The molecule has 4 nitrogen and oxygen atoms in total. The second-order valence-electron chi connectivity index (χ2n) is 1.78. The largest absolute Gasteiger partial charge is 0.427 e. The lowest BCUT2D eigenvalue weighted by molar-refractivity contribution is 0.185. The van der Waals surface area contributed by atoms with Gasteiger partial charge in [-0.15, -0.1) is 24.8 Å². The summed E-state index contributed by atoms with van der Waals surface area (Å²) in [5.74, 6) is 0. The molecule has 0 radical (unpaired) electrons. The molecule has 0 spiro atoms.